The van der Waals surface area contributed by atoms with Crippen LogP contribution >= 0.6 is 15.9 Å². The first kappa shape index (κ1) is 11.5. The molecule has 1 aromatic carbocycles. The molecule has 3 rings (SSSR count). The lowest BCUT2D eigenvalue weighted by Crippen LogP contribution is -1.90. The minimum absolute atomic E-state index is 0.899. The molecule has 2 heterocycles. The highest BCUT2D eigenvalue weighted by atomic mass is 79.9. The van der Waals surface area contributed by atoms with Crippen LogP contribution in [0.25, 0.3) is 16.9 Å². The summed E-state index contributed by atoms with van der Waals surface area (Å²) in [6, 6.07) is 12.6. The number of aryl methyl sites for hydroxylation is 2. The molecule has 0 saturated carbocycles. The van der Waals surface area contributed by atoms with E-state index in [0.717, 1.165) is 21.5 Å². The second kappa shape index (κ2) is 4.25. The van der Waals surface area contributed by atoms with E-state index < -0.39 is 0 Å². The molecule has 2 aromatic heterocycles. The molecule has 90 valence electrons. The lowest BCUT2D eigenvalue weighted by atomic mass is 10.1. The van der Waals surface area contributed by atoms with E-state index in [0.29, 0.717) is 0 Å². The Balaban J connectivity index is 2.30. The summed E-state index contributed by atoms with van der Waals surface area (Å²) in [4.78, 5) is 4.63. The number of nitrogens with zero attached hydrogens (tertiary/aromatic N) is 2. The molecule has 3 heteroatoms. The van der Waals surface area contributed by atoms with Crippen LogP contribution in [0.3, 0.4) is 0 Å². The van der Waals surface area contributed by atoms with E-state index in [9.17, 15) is 0 Å². The standard InChI is InChI=1S/C15H13BrN2/c1-10-5-7-12(8-6-10)15-17-14(16)13-11(2)4-3-9-18(13)15/h3-9H,1-2H3. The van der Waals surface area contributed by atoms with E-state index in [4.69, 9.17) is 0 Å². The first-order valence-corrected chi connectivity index (χ1v) is 6.66. The van der Waals surface area contributed by atoms with Crippen LogP contribution in [0.15, 0.2) is 47.2 Å². The molecule has 0 N–H and O–H groups in total. The van der Waals surface area contributed by atoms with E-state index in [-0.39, 0.29) is 0 Å². The Kier molecular flexibility index (Phi) is 2.71. The van der Waals surface area contributed by atoms with Crippen LogP contribution in [0.5, 0.6) is 0 Å². The molecular weight excluding hydrogens is 288 g/mol. The Labute approximate surface area is 114 Å². The summed E-state index contributed by atoms with van der Waals surface area (Å²) in [5.74, 6) is 0.973. The van der Waals surface area contributed by atoms with Crippen LogP contribution in [-0.4, -0.2) is 9.38 Å². The van der Waals surface area contributed by atoms with Crippen molar-refractivity contribution in [1.82, 2.24) is 9.38 Å². The van der Waals surface area contributed by atoms with Crippen molar-refractivity contribution in [2.24, 2.45) is 0 Å². The van der Waals surface area contributed by atoms with Crippen LogP contribution < -0.4 is 0 Å². The maximum Gasteiger partial charge on any atom is 0.145 e. The second-order valence-corrected chi connectivity index (χ2v) is 5.25. The number of benzene rings is 1. The molecule has 0 aliphatic carbocycles. The summed E-state index contributed by atoms with van der Waals surface area (Å²) >= 11 is 3.55. The van der Waals surface area contributed by atoms with Crippen molar-refractivity contribution < 1.29 is 0 Å². The minimum atomic E-state index is 0.899. The van der Waals surface area contributed by atoms with E-state index in [2.05, 4.69) is 75.7 Å². The number of halogens is 1. The van der Waals surface area contributed by atoms with Crippen molar-refractivity contribution in [3.8, 4) is 11.4 Å². The summed E-state index contributed by atoms with van der Waals surface area (Å²) < 4.78 is 3.03. The van der Waals surface area contributed by atoms with Gasteiger partial charge < -0.3 is 0 Å². The topological polar surface area (TPSA) is 17.3 Å². The van der Waals surface area contributed by atoms with Gasteiger partial charge in [0.15, 0.2) is 0 Å². The largest absolute Gasteiger partial charge is 0.298 e. The normalized spacial score (nSPS) is 11.1. The second-order valence-electron chi connectivity index (χ2n) is 4.50. The van der Waals surface area contributed by atoms with E-state index >= 15 is 0 Å². The molecule has 0 spiro atoms. The van der Waals surface area contributed by atoms with E-state index in [1.54, 1.807) is 0 Å². The van der Waals surface area contributed by atoms with Gasteiger partial charge in [0.25, 0.3) is 0 Å². The van der Waals surface area contributed by atoms with Gasteiger partial charge >= 0.3 is 0 Å². The number of hydrogen-bond acceptors (Lipinski definition) is 1. The maximum atomic E-state index is 4.63. The Morgan fingerprint density at radius 2 is 1.78 bits per heavy atom. The molecule has 0 unspecified atom stereocenters. The Morgan fingerprint density at radius 3 is 2.50 bits per heavy atom. The predicted molar refractivity (Wildman–Crippen MR) is 77.8 cm³/mol. The first-order valence-electron chi connectivity index (χ1n) is 5.87. The average Bonchev–Trinajstić information content (AvgIpc) is 2.69. The molecule has 0 aliphatic heterocycles. The number of rotatable bonds is 1. The molecule has 18 heavy (non-hydrogen) atoms. The van der Waals surface area contributed by atoms with E-state index in [1.165, 1.54) is 11.1 Å². The summed E-state index contributed by atoms with van der Waals surface area (Å²) in [5.41, 5.74) is 4.74. The zero-order valence-corrected chi connectivity index (χ0v) is 11.9. The van der Waals surface area contributed by atoms with Gasteiger partial charge in [0, 0.05) is 11.8 Å². The molecule has 2 nitrogen and oxygen atoms in total. The Hall–Kier alpha value is -1.61. The quantitative estimate of drug-likeness (QED) is 0.652. The number of fused-ring (bicyclic) bond motifs is 1. The summed E-state index contributed by atoms with van der Waals surface area (Å²) in [6.45, 7) is 4.19. The average molecular weight is 301 g/mol. The maximum absolute atomic E-state index is 4.63. The zero-order chi connectivity index (χ0) is 12.7. The van der Waals surface area contributed by atoms with Gasteiger partial charge in [-0.05, 0) is 41.4 Å². The van der Waals surface area contributed by atoms with Crippen molar-refractivity contribution in [1.29, 1.82) is 0 Å². The SMILES string of the molecule is Cc1ccc(-c2nc(Br)c3c(C)cccn23)cc1. The van der Waals surface area contributed by atoms with Gasteiger partial charge in [0.1, 0.15) is 10.4 Å². The van der Waals surface area contributed by atoms with Gasteiger partial charge in [-0.3, -0.25) is 4.40 Å². The number of hydrogen-bond donors (Lipinski definition) is 0. The fraction of sp³-hybridized carbons (Fsp3) is 0.133. The fourth-order valence-corrected chi connectivity index (χ4v) is 2.83. The molecule has 0 aliphatic rings. The molecule has 0 radical (unpaired) electrons. The van der Waals surface area contributed by atoms with Crippen LogP contribution in [0, 0.1) is 13.8 Å². The molecule has 0 atom stereocenters. The number of imidazole rings is 1. The van der Waals surface area contributed by atoms with Crippen molar-refractivity contribution in [2.75, 3.05) is 0 Å². The highest BCUT2D eigenvalue weighted by molar-refractivity contribution is 9.10. The van der Waals surface area contributed by atoms with Crippen molar-refractivity contribution in [3.05, 3.63) is 58.3 Å². The van der Waals surface area contributed by atoms with Crippen LogP contribution in [-0.2, 0) is 0 Å². The van der Waals surface area contributed by atoms with Crippen molar-refractivity contribution >= 4 is 21.4 Å². The van der Waals surface area contributed by atoms with Gasteiger partial charge in [-0.1, -0.05) is 35.9 Å². The highest BCUT2D eigenvalue weighted by Crippen LogP contribution is 2.28. The predicted octanol–water partition coefficient (Wildman–Crippen LogP) is 4.38. The van der Waals surface area contributed by atoms with Gasteiger partial charge in [0.05, 0.1) is 5.52 Å². The molecule has 0 bridgehead atoms. The molecular formula is C15H13BrN2. The summed E-state index contributed by atoms with van der Waals surface area (Å²) in [7, 11) is 0. The third-order valence-electron chi connectivity index (χ3n) is 3.13. The van der Waals surface area contributed by atoms with Crippen LogP contribution in [0.4, 0.5) is 0 Å². The lowest BCUT2D eigenvalue weighted by molar-refractivity contribution is 1.15. The summed E-state index contributed by atoms with van der Waals surface area (Å²) in [6.07, 6.45) is 2.05. The summed E-state index contributed by atoms with van der Waals surface area (Å²) in [5, 5.41) is 0. The molecule has 0 saturated heterocycles. The minimum Gasteiger partial charge on any atom is -0.298 e. The smallest absolute Gasteiger partial charge is 0.145 e. The molecule has 0 fully saturated rings. The molecule has 0 amide bonds. The first-order chi connectivity index (χ1) is 8.66. The monoisotopic (exact) mass is 300 g/mol. The Bertz CT molecular complexity index is 711. The van der Waals surface area contributed by atoms with Gasteiger partial charge in [-0.2, -0.15) is 0 Å². The zero-order valence-electron chi connectivity index (χ0n) is 10.3. The third-order valence-corrected chi connectivity index (χ3v) is 3.69. The van der Waals surface area contributed by atoms with Crippen LogP contribution in [0.1, 0.15) is 11.1 Å². The number of aromatic nitrogens is 2. The Morgan fingerprint density at radius 1 is 1.06 bits per heavy atom. The third kappa shape index (κ3) is 1.75. The van der Waals surface area contributed by atoms with Crippen LogP contribution in [0.2, 0.25) is 0 Å². The number of pyridine rings is 1. The molecule has 3 aromatic rings. The highest BCUT2D eigenvalue weighted by Gasteiger charge is 2.11. The fourth-order valence-electron chi connectivity index (χ4n) is 2.16. The lowest BCUT2D eigenvalue weighted by Gasteiger charge is -2.03. The van der Waals surface area contributed by atoms with Gasteiger partial charge in [-0.15, -0.1) is 0 Å². The van der Waals surface area contributed by atoms with Crippen molar-refractivity contribution in [2.45, 2.75) is 13.8 Å². The van der Waals surface area contributed by atoms with E-state index in [1.807, 2.05) is 6.07 Å². The van der Waals surface area contributed by atoms with Crippen molar-refractivity contribution in [3.63, 3.8) is 0 Å². The van der Waals surface area contributed by atoms with Gasteiger partial charge in [0.2, 0.25) is 0 Å². The van der Waals surface area contributed by atoms with Gasteiger partial charge in [-0.25, -0.2) is 4.98 Å².